The topological polar surface area (TPSA) is 31.4 Å². The molecule has 4 nitrogen and oxygen atoms in total. The molecule has 3 heterocycles. The molecule has 0 amide bonds. The van der Waals surface area contributed by atoms with Gasteiger partial charge in [0.2, 0.25) is 0 Å². The smallest absolute Gasteiger partial charge is 0.128 e. The van der Waals surface area contributed by atoms with Gasteiger partial charge >= 0.3 is 0 Å². The minimum Gasteiger partial charge on any atom is -0.354 e. The summed E-state index contributed by atoms with van der Waals surface area (Å²) in [6.07, 6.45) is 3.18. The molecule has 98 valence electrons. The van der Waals surface area contributed by atoms with Crippen LogP contribution in [0.4, 0.5) is 5.82 Å². The first kappa shape index (κ1) is 12.4. The molecule has 0 spiro atoms. The Labute approximate surface area is 116 Å². The first-order chi connectivity index (χ1) is 8.83. The summed E-state index contributed by atoms with van der Waals surface area (Å²) < 4.78 is 1.04. The monoisotopic (exact) mass is 310 g/mol. The third-order valence-corrected chi connectivity index (χ3v) is 4.37. The summed E-state index contributed by atoms with van der Waals surface area (Å²) in [5.74, 6) is 1.10. The molecule has 0 bridgehead atoms. The number of pyridine rings is 1. The van der Waals surface area contributed by atoms with E-state index in [4.69, 9.17) is 0 Å². The Bertz CT molecular complexity index is 380. The highest BCUT2D eigenvalue weighted by Crippen LogP contribution is 2.18. The van der Waals surface area contributed by atoms with Crippen molar-refractivity contribution in [2.24, 2.45) is 0 Å². The van der Waals surface area contributed by atoms with Crippen LogP contribution in [0, 0.1) is 0 Å². The molecule has 2 aliphatic heterocycles. The summed E-state index contributed by atoms with van der Waals surface area (Å²) in [7, 11) is 0. The normalized spacial score (nSPS) is 25.6. The minimum absolute atomic E-state index is 0.755. The zero-order valence-corrected chi connectivity index (χ0v) is 12.1. The van der Waals surface area contributed by atoms with Crippen molar-refractivity contribution >= 4 is 21.7 Å². The van der Waals surface area contributed by atoms with Gasteiger partial charge in [0.25, 0.3) is 0 Å². The second-order valence-electron chi connectivity index (χ2n) is 5.00. The number of piperazine rings is 1. The first-order valence-electron chi connectivity index (χ1n) is 6.64. The van der Waals surface area contributed by atoms with E-state index in [0.29, 0.717) is 0 Å². The molecule has 1 unspecified atom stereocenters. The maximum absolute atomic E-state index is 4.47. The van der Waals surface area contributed by atoms with Crippen LogP contribution in [0.15, 0.2) is 22.8 Å². The molecule has 0 radical (unpaired) electrons. The number of nitrogens with zero attached hydrogens (tertiary/aromatic N) is 3. The van der Waals surface area contributed by atoms with Gasteiger partial charge in [-0.3, -0.25) is 4.90 Å². The number of rotatable bonds is 2. The largest absolute Gasteiger partial charge is 0.354 e. The highest BCUT2D eigenvalue weighted by atomic mass is 79.9. The molecule has 1 N–H and O–H groups in total. The molecule has 1 aromatic rings. The first-order valence-corrected chi connectivity index (χ1v) is 7.43. The van der Waals surface area contributed by atoms with Crippen molar-refractivity contribution in [2.45, 2.75) is 12.5 Å². The number of halogens is 1. The molecule has 18 heavy (non-hydrogen) atoms. The van der Waals surface area contributed by atoms with Crippen LogP contribution in [-0.2, 0) is 0 Å². The quantitative estimate of drug-likeness (QED) is 0.893. The fraction of sp³-hybridized carbons (Fsp3) is 0.615. The fourth-order valence-electron chi connectivity index (χ4n) is 2.82. The molecular formula is C13H19BrN4. The standard InChI is InChI=1S/C13H19BrN4/c14-11-1-2-13(16-9-11)18-7-5-17(6-8-18)12-3-4-15-10-12/h1-2,9,12,15H,3-8,10H2. The molecule has 0 aliphatic carbocycles. The summed E-state index contributed by atoms with van der Waals surface area (Å²) in [5, 5.41) is 3.45. The van der Waals surface area contributed by atoms with Crippen LogP contribution in [0.3, 0.4) is 0 Å². The van der Waals surface area contributed by atoms with Crippen LogP contribution >= 0.6 is 15.9 Å². The molecule has 0 saturated carbocycles. The van der Waals surface area contributed by atoms with Crippen molar-refractivity contribution in [1.29, 1.82) is 0 Å². The predicted octanol–water partition coefficient (Wildman–Crippen LogP) is 1.33. The second-order valence-corrected chi connectivity index (χ2v) is 5.92. The van der Waals surface area contributed by atoms with E-state index < -0.39 is 0 Å². The summed E-state index contributed by atoms with van der Waals surface area (Å²) in [5.41, 5.74) is 0. The van der Waals surface area contributed by atoms with E-state index >= 15 is 0 Å². The molecule has 3 rings (SSSR count). The van der Waals surface area contributed by atoms with Crippen LogP contribution in [0.25, 0.3) is 0 Å². The maximum Gasteiger partial charge on any atom is 0.128 e. The Hall–Kier alpha value is -0.650. The van der Waals surface area contributed by atoms with Gasteiger partial charge in [-0.05, 0) is 41.0 Å². The van der Waals surface area contributed by atoms with Gasteiger partial charge in [-0.25, -0.2) is 4.98 Å². The molecule has 0 aromatic carbocycles. The van der Waals surface area contributed by atoms with E-state index in [2.05, 4.69) is 48.2 Å². The van der Waals surface area contributed by atoms with Gasteiger partial charge < -0.3 is 10.2 Å². The van der Waals surface area contributed by atoms with Gasteiger partial charge in [-0.2, -0.15) is 0 Å². The van der Waals surface area contributed by atoms with Crippen molar-refractivity contribution < 1.29 is 0 Å². The van der Waals surface area contributed by atoms with Gasteiger partial charge in [0.05, 0.1) is 0 Å². The van der Waals surface area contributed by atoms with Gasteiger partial charge in [-0.1, -0.05) is 0 Å². The van der Waals surface area contributed by atoms with Crippen LogP contribution in [0.1, 0.15) is 6.42 Å². The summed E-state index contributed by atoms with van der Waals surface area (Å²) in [6, 6.07) is 4.91. The zero-order valence-electron chi connectivity index (χ0n) is 10.5. The average molecular weight is 311 g/mol. The Kier molecular flexibility index (Phi) is 3.82. The molecule has 1 aromatic heterocycles. The molecule has 1 atom stereocenters. The predicted molar refractivity (Wildman–Crippen MR) is 77.0 cm³/mol. The van der Waals surface area contributed by atoms with Gasteiger partial charge in [-0.15, -0.1) is 0 Å². The fourth-order valence-corrected chi connectivity index (χ4v) is 3.06. The zero-order chi connectivity index (χ0) is 12.4. The maximum atomic E-state index is 4.47. The number of hydrogen-bond donors (Lipinski definition) is 1. The summed E-state index contributed by atoms with van der Waals surface area (Å²) in [6.45, 7) is 6.83. The van der Waals surface area contributed by atoms with Crippen molar-refractivity contribution in [3.05, 3.63) is 22.8 Å². The third kappa shape index (κ3) is 2.68. The lowest BCUT2D eigenvalue weighted by Crippen LogP contribution is -2.51. The van der Waals surface area contributed by atoms with E-state index in [1.54, 1.807) is 0 Å². The SMILES string of the molecule is Brc1ccc(N2CCN(C3CCNC3)CC2)nc1. The summed E-state index contributed by atoms with van der Waals surface area (Å²) in [4.78, 5) is 9.47. The lowest BCUT2D eigenvalue weighted by atomic mass is 10.2. The van der Waals surface area contributed by atoms with Crippen molar-refractivity contribution in [2.75, 3.05) is 44.2 Å². The Morgan fingerprint density at radius 1 is 1.22 bits per heavy atom. The van der Waals surface area contributed by atoms with E-state index in [9.17, 15) is 0 Å². The van der Waals surface area contributed by atoms with Crippen molar-refractivity contribution in [1.82, 2.24) is 15.2 Å². The van der Waals surface area contributed by atoms with Gasteiger partial charge in [0.15, 0.2) is 0 Å². The Balaban J connectivity index is 1.57. The minimum atomic E-state index is 0.755. The number of anilines is 1. The van der Waals surface area contributed by atoms with Crippen LogP contribution < -0.4 is 10.2 Å². The molecular weight excluding hydrogens is 292 g/mol. The molecule has 2 aliphatic rings. The van der Waals surface area contributed by atoms with E-state index in [1.165, 1.54) is 13.0 Å². The molecule has 2 saturated heterocycles. The lowest BCUT2D eigenvalue weighted by Gasteiger charge is -2.38. The highest BCUT2D eigenvalue weighted by molar-refractivity contribution is 9.10. The average Bonchev–Trinajstić information content (AvgIpc) is 2.94. The van der Waals surface area contributed by atoms with Crippen molar-refractivity contribution in [3.63, 3.8) is 0 Å². The summed E-state index contributed by atoms with van der Waals surface area (Å²) >= 11 is 3.43. The number of aromatic nitrogens is 1. The van der Waals surface area contributed by atoms with Crippen LogP contribution in [-0.4, -0.2) is 55.2 Å². The number of nitrogens with one attached hydrogen (secondary N) is 1. The molecule has 5 heteroatoms. The Morgan fingerprint density at radius 3 is 2.67 bits per heavy atom. The molecule has 2 fully saturated rings. The lowest BCUT2D eigenvalue weighted by molar-refractivity contribution is 0.196. The highest BCUT2D eigenvalue weighted by Gasteiger charge is 2.26. The van der Waals surface area contributed by atoms with Crippen LogP contribution in [0.2, 0.25) is 0 Å². The van der Waals surface area contributed by atoms with E-state index in [1.807, 2.05) is 6.20 Å². The second kappa shape index (κ2) is 5.55. The third-order valence-electron chi connectivity index (χ3n) is 3.90. The Morgan fingerprint density at radius 2 is 2.06 bits per heavy atom. The van der Waals surface area contributed by atoms with Gasteiger partial charge in [0, 0.05) is 49.4 Å². The number of hydrogen-bond acceptors (Lipinski definition) is 4. The van der Waals surface area contributed by atoms with Gasteiger partial charge in [0.1, 0.15) is 5.82 Å². The van der Waals surface area contributed by atoms with E-state index in [-0.39, 0.29) is 0 Å². The van der Waals surface area contributed by atoms with Crippen molar-refractivity contribution in [3.8, 4) is 0 Å². The van der Waals surface area contributed by atoms with Crippen LogP contribution in [0.5, 0.6) is 0 Å². The van der Waals surface area contributed by atoms with E-state index in [0.717, 1.165) is 49.1 Å².